The van der Waals surface area contributed by atoms with Crippen molar-refractivity contribution in [2.45, 2.75) is 0 Å². The van der Waals surface area contributed by atoms with Crippen LogP contribution in [-0.4, -0.2) is 27.4 Å². The molecular formula is H10O5Ta+5. The van der Waals surface area contributed by atoms with Crippen LogP contribution < -0.4 is 0 Å². The van der Waals surface area contributed by atoms with Crippen LogP contribution in [0.1, 0.15) is 0 Å². The van der Waals surface area contributed by atoms with Gasteiger partial charge in [-0.2, -0.15) is 0 Å². The Morgan fingerprint density at radius 2 is 0.333 bits per heavy atom. The Labute approximate surface area is 50.4 Å². The van der Waals surface area contributed by atoms with Gasteiger partial charge in [-0.25, -0.2) is 0 Å². The average molecular weight is 271 g/mol. The third-order valence-electron chi connectivity index (χ3n) is 0. The van der Waals surface area contributed by atoms with Gasteiger partial charge in [0.2, 0.25) is 0 Å². The maximum atomic E-state index is 0. The molecule has 40 valence electrons. The Morgan fingerprint density at radius 1 is 0.333 bits per heavy atom. The van der Waals surface area contributed by atoms with E-state index in [-0.39, 0.29) is 49.8 Å². The first-order chi connectivity index (χ1) is 0. The zero-order valence-electron chi connectivity index (χ0n) is 2.95. The predicted octanol–water partition coefficient (Wildman–Crippen LogP) is -4.13. The minimum atomic E-state index is 0. The van der Waals surface area contributed by atoms with Gasteiger partial charge in [-0.15, -0.1) is 0 Å². The van der Waals surface area contributed by atoms with Crippen LogP contribution in [0.25, 0.3) is 0 Å². The quantitative estimate of drug-likeness (QED) is 0.419. The third kappa shape index (κ3) is 195. The van der Waals surface area contributed by atoms with Gasteiger partial charge in [-0.1, -0.05) is 0 Å². The van der Waals surface area contributed by atoms with Gasteiger partial charge in [0, 0.05) is 0 Å². The van der Waals surface area contributed by atoms with Crippen LogP contribution in [-0.2, 0) is 22.4 Å². The van der Waals surface area contributed by atoms with Crippen LogP contribution in [0.4, 0.5) is 0 Å². The molecule has 0 fully saturated rings. The molecule has 0 aromatic carbocycles. The molecule has 0 heterocycles. The molecule has 0 aromatic rings. The Morgan fingerprint density at radius 3 is 0.333 bits per heavy atom. The molecule has 0 radical (unpaired) electrons. The summed E-state index contributed by atoms with van der Waals surface area (Å²) in [7, 11) is 0. The Hall–Kier alpha value is 0.540. The largest absolute Gasteiger partial charge is 5.00 e. The fourth-order valence-electron chi connectivity index (χ4n) is 0. The van der Waals surface area contributed by atoms with E-state index < -0.39 is 0 Å². The smallest absolute Gasteiger partial charge is 0.412 e. The summed E-state index contributed by atoms with van der Waals surface area (Å²) in [5, 5.41) is 0. The molecule has 0 saturated heterocycles. The van der Waals surface area contributed by atoms with Gasteiger partial charge in [0.1, 0.15) is 0 Å². The summed E-state index contributed by atoms with van der Waals surface area (Å²) in [6.45, 7) is 0. The van der Waals surface area contributed by atoms with Crippen molar-refractivity contribution in [3.8, 4) is 0 Å². The first kappa shape index (κ1) is 688. The van der Waals surface area contributed by atoms with Crippen LogP contribution in [0.5, 0.6) is 0 Å². The second kappa shape index (κ2) is 391. The van der Waals surface area contributed by atoms with E-state index in [1.807, 2.05) is 0 Å². The summed E-state index contributed by atoms with van der Waals surface area (Å²) in [6.07, 6.45) is 0. The summed E-state index contributed by atoms with van der Waals surface area (Å²) < 4.78 is 0. The first-order valence-corrected chi connectivity index (χ1v) is 0. The average Bonchev–Trinajstić information content (AvgIpc) is 0. The monoisotopic (exact) mass is 271 g/mol. The number of hydrogen-bond acceptors (Lipinski definition) is 0. The van der Waals surface area contributed by atoms with E-state index >= 15 is 0 Å². The normalized spacial score (nSPS) is 0. The Kier molecular flexibility index (Phi) is 44900. The zero-order chi connectivity index (χ0) is 0. The molecular weight excluding hydrogens is 261 g/mol. The van der Waals surface area contributed by atoms with Crippen molar-refractivity contribution >= 4 is 0 Å². The summed E-state index contributed by atoms with van der Waals surface area (Å²) in [5.74, 6) is 0. The molecule has 0 saturated carbocycles. The van der Waals surface area contributed by atoms with Crippen molar-refractivity contribution in [2.75, 3.05) is 0 Å². The molecule has 0 unspecified atom stereocenters. The van der Waals surface area contributed by atoms with Crippen molar-refractivity contribution in [3.63, 3.8) is 0 Å². The maximum Gasteiger partial charge on any atom is 5.00 e. The van der Waals surface area contributed by atoms with E-state index in [0.717, 1.165) is 0 Å². The van der Waals surface area contributed by atoms with Crippen LogP contribution in [0.3, 0.4) is 0 Å². The van der Waals surface area contributed by atoms with Gasteiger partial charge in [-0.3, -0.25) is 0 Å². The Balaban J connectivity index is 0. The van der Waals surface area contributed by atoms with E-state index in [1.54, 1.807) is 0 Å². The fourth-order valence-corrected chi connectivity index (χ4v) is 0. The molecule has 0 spiro atoms. The SMILES string of the molecule is O.O.O.O.O.[Ta+5]. The molecule has 5 nitrogen and oxygen atoms in total. The van der Waals surface area contributed by atoms with Crippen molar-refractivity contribution in [3.05, 3.63) is 0 Å². The fraction of sp³-hybridized carbons (Fsp3) is 0. The van der Waals surface area contributed by atoms with Crippen LogP contribution in [0, 0.1) is 0 Å². The molecule has 6 heteroatoms. The zero-order valence-corrected chi connectivity index (χ0v) is 6.16. The van der Waals surface area contributed by atoms with E-state index in [2.05, 4.69) is 0 Å². The van der Waals surface area contributed by atoms with E-state index in [0.29, 0.717) is 0 Å². The molecule has 0 aliphatic rings. The molecule has 0 atom stereocenters. The Bertz CT molecular complexity index is 3.90. The summed E-state index contributed by atoms with van der Waals surface area (Å²) in [5.41, 5.74) is 0. The standard InChI is InChI=1S/5H2O.Ta/h5*1H2;/q;;;;;+5. The van der Waals surface area contributed by atoms with Crippen molar-refractivity contribution < 1.29 is 49.8 Å². The van der Waals surface area contributed by atoms with E-state index in [1.165, 1.54) is 0 Å². The van der Waals surface area contributed by atoms with Crippen LogP contribution in [0.15, 0.2) is 0 Å². The first-order valence-electron chi connectivity index (χ1n) is 0. The number of hydrogen-bond donors (Lipinski definition) is 0. The molecule has 0 aliphatic carbocycles. The van der Waals surface area contributed by atoms with Gasteiger partial charge in [0.25, 0.3) is 0 Å². The predicted molar refractivity (Wildman–Crippen MR) is 18.1 cm³/mol. The van der Waals surface area contributed by atoms with Crippen LogP contribution >= 0.6 is 0 Å². The molecule has 6 heavy (non-hydrogen) atoms. The second-order valence-electron chi connectivity index (χ2n) is 0. The van der Waals surface area contributed by atoms with E-state index in [4.69, 9.17) is 0 Å². The molecule has 0 amide bonds. The van der Waals surface area contributed by atoms with Crippen molar-refractivity contribution in [1.29, 1.82) is 0 Å². The molecule has 0 rings (SSSR count). The minimum absolute atomic E-state index is 0. The van der Waals surface area contributed by atoms with Gasteiger partial charge in [0.05, 0.1) is 0 Å². The summed E-state index contributed by atoms with van der Waals surface area (Å²) in [4.78, 5) is 0. The van der Waals surface area contributed by atoms with E-state index in [9.17, 15) is 0 Å². The minimum Gasteiger partial charge on any atom is -0.412 e. The van der Waals surface area contributed by atoms with Gasteiger partial charge in [0.15, 0.2) is 0 Å². The van der Waals surface area contributed by atoms with Crippen molar-refractivity contribution in [2.24, 2.45) is 0 Å². The number of rotatable bonds is 0. The van der Waals surface area contributed by atoms with Crippen LogP contribution in [0.2, 0.25) is 0 Å². The topological polar surface area (TPSA) is 158 Å². The molecule has 0 aromatic heterocycles. The maximum absolute atomic E-state index is 0. The molecule has 0 aliphatic heterocycles. The third-order valence-corrected chi connectivity index (χ3v) is 0. The van der Waals surface area contributed by atoms with Gasteiger partial charge >= 0.3 is 22.4 Å². The molecule has 0 bridgehead atoms. The van der Waals surface area contributed by atoms with Gasteiger partial charge in [-0.05, 0) is 0 Å². The second-order valence-corrected chi connectivity index (χ2v) is 0. The summed E-state index contributed by atoms with van der Waals surface area (Å²) in [6, 6.07) is 0. The van der Waals surface area contributed by atoms with Crippen molar-refractivity contribution in [1.82, 2.24) is 0 Å². The molecule has 10 N–H and O–H groups in total. The van der Waals surface area contributed by atoms with Gasteiger partial charge < -0.3 is 27.4 Å². The summed E-state index contributed by atoms with van der Waals surface area (Å²) >= 11 is 0.